The molecule has 2 rings (SSSR count). The Kier molecular flexibility index (Phi) is 4.55. The van der Waals surface area contributed by atoms with Crippen LogP contribution in [0.2, 0.25) is 0 Å². The number of carbonyl (C=O) groups is 1. The summed E-state index contributed by atoms with van der Waals surface area (Å²) < 4.78 is 5.47. The third-order valence-corrected chi connectivity index (χ3v) is 2.93. The van der Waals surface area contributed by atoms with E-state index in [1.165, 1.54) is 6.21 Å². The molecule has 0 aliphatic rings. The van der Waals surface area contributed by atoms with E-state index in [4.69, 9.17) is 4.74 Å². The number of rotatable bonds is 5. The summed E-state index contributed by atoms with van der Waals surface area (Å²) in [5, 5.41) is 3.83. The summed E-state index contributed by atoms with van der Waals surface area (Å²) in [5.74, 6) is 0.419. The Hall–Kier alpha value is -2.56. The maximum absolute atomic E-state index is 11.6. The second-order valence-corrected chi connectivity index (χ2v) is 4.41. The van der Waals surface area contributed by atoms with Gasteiger partial charge in [0.05, 0.1) is 11.9 Å². The minimum absolute atomic E-state index is 0.0631. The van der Waals surface area contributed by atoms with Crippen molar-refractivity contribution in [3.63, 3.8) is 0 Å². The van der Waals surface area contributed by atoms with Gasteiger partial charge in [-0.3, -0.25) is 4.79 Å². The Morgan fingerprint density at radius 3 is 2.95 bits per heavy atom. The Morgan fingerprint density at radius 1 is 1.35 bits per heavy atom. The average Bonchev–Trinajstić information content (AvgIpc) is 2.94. The quantitative estimate of drug-likeness (QED) is 0.646. The van der Waals surface area contributed by atoms with Gasteiger partial charge in [-0.05, 0) is 43.2 Å². The van der Waals surface area contributed by atoms with E-state index < -0.39 is 0 Å². The zero-order valence-corrected chi connectivity index (χ0v) is 11.5. The number of H-pyrrole nitrogens is 1. The summed E-state index contributed by atoms with van der Waals surface area (Å²) in [5.41, 5.74) is 5.40. The molecule has 1 aromatic carbocycles. The Labute approximate surface area is 117 Å². The molecule has 1 aromatic heterocycles. The van der Waals surface area contributed by atoms with Crippen molar-refractivity contribution >= 4 is 12.1 Å². The van der Waals surface area contributed by atoms with Crippen LogP contribution in [0.4, 0.5) is 0 Å². The van der Waals surface area contributed by atoms with Crippen LogP contribution >= 0.6 is 0 Å². The number of amides is 1. The molecule has 20 heavy (non-hydrogen) atoms. The number of aryl methyl sites for hydroxylation is 1. The number of hydrogen-bond acceptors (Lipinski definition) is 3. The van der Waals surface area contributed by atoms with Crippen LogP contribution in [0.25, 0.3) is 0 Å². The molecule has 1 amide bonds. The van der Waals surface area contributed by atoms with E-state index in [2.05, 4.69) is 15.5 Å². The molecule has 2 aromatic rings. The van der Waals surface area contributed by atoms with Gasteiger partial charge in [0.2, 0.25) is 0 Å². The van der Waals surface area contributed by atoms with Crippen molar-refractivity contribution in [3.05, 3.63) is 53.3 Å². The number of hydrogen-bond donors (Lipinski definition) is 2. The standard InChI is InChI=1S/C15H17N3O2/c1-11-5-3-7-14(12(11)2)20-10-15(19)18-17-9-13-6-4-8-16-13/h3-9,16H,10H2,1-2H3,(H,18,19)/b17-9+. The SMILES string of the molecule is Cc1cccc(OCC(=O)N/N=C/c2ccc[nH]2)c1C. The van der Waals surface area contributed by atoms with Gasteiger partial charge in [0, 0.05) is 6.20 Å². The summed E-state index contributed by atoms with van der Waals surface area (Å²) in [7, 11) is 0. The van der Waals surface area contributed by atoms with Gasteiger partial charge in [-0.2, -0.15) is 5.10 Å². The smallest absolute Gasteiger partial charge is 0.277 e. The Balaban J connectivity index is 1.82. The first-order valence-electron chi connectivity index (χ1n) is 6.31. The van der Waals surface area contributed by atoms with Crippen molar-refractivity contribution in [1.29, 1.82) is 0 Å². The van der Waals surface area contributed by atoms with Crippen LogP contribution in [-0.2, 0) is 4.79 Å². The predicted octanol–water partition coefficient (Wildman–Crippen LogP) is 2.16. The highest BCUT2D eigenvalue weighted by Crippen LogP contribution is 2.20. The molecule has 5 nitrogen and oxygen atoms in total. The molecular weight excluding hydrogens is 254 g/mol. The third kappa shape index (κ3) is 3.71. The molecule has 1 heterocycles. The van der Waals surface area contributed by atoms with Crippen molar-refractivity contribution in [2.75, 3.05) is 6.61 Å². The Morgan fingerprint density at radius 2 is 2.20 bits per heavy atom. The van der Waals surface area contributed by atoms with Crippen molar-refractivity contribution in [2.45, 2.75) is 13.8 Å². The summed E-state index contributed by atoms with van der Waals surface area (Å²) in [4.78, 5) is 14.5. The monoisotopic (exact) mass is 271 g/mol. The van der Waals surface area contributed by atoms with E-state index >= 15 is 0 Å². The predicted molar refractivity (Wildman–Crippen MR) is 77.9 cm³/mol. The van der Waals surface area contributed by atoms with E-state index in [-0.39, 0.29) is 12.5 Å². The lowest BCUT2D eigenvalue weighted by Gasteiger charge is -2.09. The molecule has 0 aliphatic heterocycles. The van der Waals surface area contributed by atoms with Crippen molar-refractivity contribution in [1.82, 2.24) is 10.4 Å². The minimum atomic E-state index is -0.297. The van der Waals surface area contributed by atoms with Crippen LogP contribution in [0, 0.1) is 13.8 Å². The van der Waals surface area contributed by atoms with Crippen molar-refractivity contribution in [2.24, 2.45) is 5.10 Å². The Bertz CT molecular complexity index is 604. The van der Waals surface area contributed by atoms with Crippen LogP contribution in [-0.4, -0.2) is 23.7 Å². The number of hydrazone groups is 1. The van der Waals surface area contributed by atoms with E-state index in [1.807, 2.05) is 44.2 Å². The molecule has 2 N–H and O–H groups in total. The van der Waals surface area contributed by atoms with E-state index in [1.54, 1.807) is 6.20 Å². The first kappa shape index (κ1) is 13.9. The molecule has 104 valence electrons. The van der Waals surface area contributed by atoms with Crippen molar-refractivity contribution in [3.8, 4) is 5.75 Å². The normalized spacial score (nSPS) is 10.7. The lowest BCUT2D eigenvalue weighted by molar-refractivity contribution is -0.123. The lowest BCUT2D eigenvalue weighted by Crippen LogP contribution is -2.24. The van der Waals surface area contributed by atoms with Gasteiger partial charge >= 0.3 is 0 Å². The molecule has 0 fully saturated rings. The average molecular weight is 271 g/mol. The summed E-state index contributed by atoms with van der Waals surface area (Å²) in [6.07, 6.45) is 3.32. The number of aromatic nitrogens is 1. The molecule has 5 heteroatoms. The molecule has 0 unspecified atom stereocenters. The number of ether oxygens (including phenoxy) is 1. The van der Waals surface area contributed by atoms with E-state index in [9.17, 15) is 4.79 Å². The number of carbonyl (C=O) groups excluding carboxylic acids is 1. The largest absolute Gasteiger partial charge is 0.483 e. The van der Waals surface area contributed by atoms with Crippen molar-refractivity contribution < 1.29 is 9.53 Å². The van der Waals surface area contributed by atoms with Gasteiger partial charge in [-0.1, -0.05) is 12.1 Å². The van der Waals surface area contributed by atoms with Crippen LogP contribution in [0.5, 0.6) is 5.75 Å². The van der Waals surface area contributed by atoms with Gasteiger partial charge < -0.3 is 9.72 Å². The molecule has 0 radical (unpaired) electrons. The maximum Gasteiger partial charge on any atom is 0.277 e. The molecule has 0 saturated heterocycles. The number of nitrogens with one attached hydrogen (secondary N) is 2. The van der Waals surface area contributed by atoms with Crippen LogP contribution in [0.1, 0.15) is 16.8 Å². The minimum Gasteiger partial charge on any atom is -0.483 e. The topological polar surface area (TPSA) is 66.5 Å². The first-order valence-corrected chi connectivity index (χ1v) is 6.31. The first-order chi connectivity index (χ1) is 9.66. The molecule has 0 saturated carbocycles. The zero-order valence-electron chi connectivity index (χ0n) is 11.5. The summed E-state index contributed by atoms with van der Waals surface area (Å²) in [6, 6.07) is 9.45. The summed E-state index contributed by atoms with van der Waals surface area (Å²) >= 11 is 0. The fraction of sp³-hybridized carbons (Fsp3) is 0.200. The van der Waals surface area contributed by atoms with Crippen LogP contribution in [0.15, 0.2) is 41.6 Å². The highest BCUT2D eigenvalue weighted by atomic mass is 16.5. The molecule has 0 aliphatic carbocycles. The van der Waals surface area contributed by atoms with Crippen LogP contribution in [0.3, 0.4) is 0 Å². The highest BCUT2D eigenvalue weighted by molar-refractivity contribution is 5.81. The van der Waals surface area contributed by atoms with Crippen LogP contribution < -0.4 is 10.2 Å². The van der Waals surface area contributed by atoms with E-state index in [0.29, 0.717) is 5.75 Å². The molecule has 0 spiro atoms. The van der Waals surface area contributed by atoms with Gasteiger partial charge in [0.1, 0.15) is 5.75 Å². The maximum atomic E-state index is 11.6. The van der Waals surface area contributed by atoms with Gasteiger partial charge in [-0.25, -0.2) is 5.43 Å². The number of nitrogens with zero attached hydrogens (tertiary/aromatic N) is 1. The lowest BCUT2D eigenvalue weighted by atomic mass is 10.1. The summed E-state index contributed by atoms with van der Waals surface area (Å²) in [6.45, 7) is 3.90. The number of aromatic amines is 1. The van der Waals surface area contributed by atoms with E-state index in [0.717, 1.165) is 16.8 Å². The molecule has 0 bridgehead atoms. The van der Waals surface area contributed by atoms with Gasteiger partial charge in [-0.15, -0.1) is 0 Å². The fourth-order valence-corrected chi connectivity index (χ4v) is 1.65. The highest BCUT2D eigenvalue weighted by Gasteiger charge is 2.05. The van der Waals surface area contributed by atoms with Gasteiger partial charge in [0.15, 0.2) is 6.61 Å². The second kappa shape index (κ2) is 6.56. The second-order valence-electron chi connectivity index (χ2n) is 4.41. The third-order valence-electron chi connectivity index (χ3n) is 2.93. The fourth-order valence-electron chi connectivity index (χ4n) is 1.65. The molecule has 0 atom stereocenters. The molecular formula is C15H17N3O2. The number of benzene rings is 1. The van der Waals surface area contributed by atoms with Gasteiger partial charge in [0.25, 0.3) is 5.91 Å². The zero-order chi connectivity index (χ0) is 14.4.